The topological polar surface area (TPSA) is 62.2 Å². The average molecular weight is 344 g/mol. The number of aromatic amines is 1. The number of aryl methyl sites for hydroxylation is 1. The summed E-state index contributed by atoms with van der Waals surface area (Å²) < 4.78 is 2.06. The molecule has 0 bridgehead atoms. The first kappa shape index (κ1) is 15.2. The summed E-state index contributed by atoms with van der Waals surface area (Å²) in [6.45, 7) is 2.53. The number of H-pyrrole nitrogens is 1. The monoisotopic (exact) mass is 344 g/mol. The van der Waals surface area contributed by atoms with E-state index in [1.54, 1.807) is 0 Å². The third-order valence-corrected chi connectivity index (χ3v) is 5.01. The van der Waals surface area contributed by atoms with Gasteiger partial charge in [0.05, 0.1) is 5.52 Å². The Bertz CT molecular complexity index is 1130. The lowest BCUT2D eigenvalue weighted by atomic mass is 10.1. The van der Waals surface area contributed by atoms with Crippen LogP contribution in [-0.4, -0.2) is 20.3 Å². The molecular weight excluding hydrogens is 324 g/mol. The maximum absolute atomic E-state index is 12.8. The van der Waals surface area contributed by atoms with Gasteiger partial charge in [-0.3, -0.25) is 4.79 Å². The number of fused-ring (bicyclic) bond motifs is 2. The van der Waals surface area contributed by atoms with E-state index in [0.29, 0.717) is 18.2 Å². The number of rotatable bonds is 4. The molecule has 1 fully saturated rings. The molecule has 26 heavy (non-hydrogen) atoms. The van der Waals surface area contributed by atoms with Crippen LogP contribution in [0.4, 0.5) is 0 Å². The number of pyridine rings is 1. The zero-order chi connectivity index (χ0) is 17.7. The highest BCUT2D eigenvalue weighted by Crippen LogP contribution is 2.39. The molecule has 0 radical (unpaired) electrons. The lowest BCUT2D eigenvalue weighted by molar-refractivity contribution is 0.0948. The Balaban J connectivity index is 1.40. The summed E-state index contributed by atoms with van der Waals surface area (Å²) in [5.74, 6) is 1.38. The summed E-state index contributed by atoms with van der Waals surface area (Å²) in [5, 5.41) is 4.19. The number of hydrogen-bond donors (Lipinski definition) is 2. The van der Waals surface area contributed by atoms with Crippen molar-refractivity contribution in [2.45, 2.75) is 32.2 Å². The fourth-order valence-electron chi connectivity index (χ4n) is 3.56. The van der Waals surface area contributed by atoms with E-state index in [0.717, 1.165) is 46.3 Å². The number of carbonyl (C=O) groups is 1. The van der Waals surface area contributed by atoms with Gasteiger partial charge >= 0.3 is 0 Å². The van der Waals surface area contributed by atoms with Crippen LogP contribution in [0.15, 0.2) is 48.7 Å². The summed E-state index contributed by atoms with van der Waals surface area (Å²) >= 11 is 0. The van der Waals surface area contributed by atoms with Crippen molar-refractivity contribution in [1.29, 1.82) is 0 Å². The Morgan fingerprint density at radius 2 is 2.15 bits per heavy atom. The molecule has 1 amide bonds. The average Bonchev–Trinajstić information content (AvgIpc) is 3.31. The third-order valence-electron chi connectivity index (χ3n) is 5.01. The van der Waals surface area contributed by atoms with Crippen molar-refractivity contribution in [2.24, 2.45) is 0 Å². The van der Waals surface area contributed by atoms with Crippen molar-refractivity contribution < 1.29 is 4.79 Å². The van der Waals surface area contributed by atoms with Gasteiger partial charge in [0.2, 0.25) is 0 Å². The van der Waals surface area contributed by atoms with Gasteiger partial charge in [0.15, 0.2) is 5.69 Å². The van der Waals surface area contributed by atoms with Gasteiger partial charge in [-0.1, -0.05) is 12.1 Å². The molecule has 3 heterocycles. The van der Waals surface area contributed by atoms with E-state index < -0.39 is 0 Å². The number of nitrogens with zero attached hydrogens (tertiary/aromatic N) is 2. The van der Waals surface area contributed by atoms with Crippen LogP contribution in [0, 0.1) is 6.92 Å². The molecule has 0 aliphatic heterocycles. The first-order valence-electron chi connectivity index (χ1n) is 9.02. The van der Waals surface area contributed by atoms with Gasteiger partial charge in [0.1, 0.15) is 5.82 Å². The Morgan fingerprint density at radius 3 is 3.00 bits per heavy atom. The highest BCUT2D eigenvalue weighted by atomic mass is 16.1. The molecule has 0 saturated heterocycles. The molecule has 3 aromatic heterocycles. The summed E-state index contributed by atoms with van der Waals surface area (Å²) in [7, 11) is 0. The van der Waals surface area contributed by atoms with E-state index >= 15 is 0 Å². The van der Waals surface area contributed by atoms with Crippen molar-refractivity contribution in [3.63, 3.8) is 0 Å². The summed E-state index contributed by atoms with van der Waals surface area (Å²) in [6, 6.07) is 14.2. The van der Waals surface area contributed by atoms with Gasteiger partial charge in [-0.25, -0.2) is 4.98 Å². The van der Waals surface area contributed by atoms with Gasteiger partial charge in [0, 0.05) is 29.9 Å². The number of amides is 1. The molecular formula is C21H20N4O. The highest BCUT2D eigenvalue weighted by molar-refractivity contribution is 5.99. The van der Waals surface area contributed by atoms with E-state index in [4.69, 9.17) is 0 Å². The van der Waals surface area contributed by atoms with Crippen LogP contribution in [0.5, 0.6) is 0 Å². The Hall–Kier alpha value is -3.08. The maximum Gasteiger partial charge on any atom is 0.272 e. The lowest BCUT2D eigenvalue weighted by Crippen LogP contribution is -2.23. The fraction of sp³-hybridized carbons (Fsp3) is 0.238. The highest BCUT2D eigenvalue weighted by Gasteiger charge is 2.30. The first-order chi connectivity index (χ1) is 12.7. The molecule has 2 N–H and O–H groups in total. The number of aromatic nitrogens is 3. The van der Waals surface area contributed by atoms with Crippen molar-refractivity contribution in [3.05, 3.63) is 71.4 Å². The van der Waals surface area contributed by atoms with Gasteiger partial charge in [-0.2, -0.15) is 0 Å². The zero-order valence-corrected chi connectivity index (χ0v) is 14.6. The van der Waals surface area contributed by atoms with Crippen LogP contribution in [0.1, 0.15) is 46.3 Å². The standard InChI is InChI=1S/C21H20N4O/c1-13-10-16-11-14(5-8-17(16)23-13)12-22-21(26)19-18-4-2-3-9-25(18)20(24-19)15-6-7-15/h2-5,8-11,15,23H,6-7,12H2,1H3,(H,22,26). The normalized spacial score (nSPS) is 14.2. The van der Waals surface area contributed by atoms with E-state index in [2.05, 4.69) is 37.9 Å². The molecule has 0 unspecified atom stereocenters. The van der Waals surface area contributed by atoms with Crippen LogP contribution >= 0.6 is 0 Å². The predicted molar refractivity (Wildman–Crippen MR) is 101 cm³/mol. The minimum absolute atomic E-state index is 0.119. The Labute approximate surface area is 151 Å². The number of benzene rings is 1. The Kier molecular flexibility index (Phi) is 3.35. The number of imidazole rings is 1. The predicted octanol–water partition coefficient (Wildman–Crippen LogP) is 3.93. The molecule has 5 nitrogen and oxygen atoms in total. The number of carbonyl (C=O) groups excluding carboxylic acids is 1. The molecule has 1 aromatic carbocycles. The molecule has 0 atom stereocenters. The summed E-state index contributed by atoms with van der Waals surface area (Å²) in [4.78, 5) is 20.7. The van der Waals surface area contributed by atoms with Gasteiger partial charge < -0.3 is 14.7 Å². The van der Waals surface area contributed by atoms with Gasteiger partial charge in [-0.15, -0.1) is 0 Å². The molecule has 0 spiro atoms. The van der Waals surface area contributed by atoms with E-state index in [9.17, 15) is 4.79 Å². The molecule has 130 valence electrons. The van der Waals surface area contributed by atoms with Crippen molar-refractivity contribution in [1.82, 2.24) is 19.7 Å². The lowest BCUT2D eigenvalue weighted by Gasteiger charge is -2.04. The second kappa shape index (κ2) is 5.73. The second-order valence-corrected chi connectivity index (χ2v) is 7.11. The van der Waals surface area contributed by atoms with Gasteiger partial charge in [-0.05, 0) is 61.0 Å². The number of nitrogens with one attached hydrogen (secondary N) is 2. The summed E-state index contributed by atoms with van der Waals surface area (Å²) in [6.07, 6.45) is 4.31. The molecule has 5 rings (SSSR count). The molecule has 1 aliphatic rings. The molecule has 4 aromatic rings. The largest absolute Gasteiger partial charge is 0.359 e. The van der Waals surface area contributed by atoms with Crippen molar-refractivity contribution in [2.75, 3.05) is 0 Å². The van der Waals surface area contributed by atoms with Crippen LogP contribution in [0.25, 0.3) is 16.4 Å². The van der Waals surface area contributed by atoms with Crippen LogP contribution in [-0.2, 0) is 6.54 Å². The van der Waals surface area contributed by atoms with E-state index in [1.165, 1.54) is 0 Å². The Morgan fingerprint density at radius 1 is 1.27 bits per heavy atom. The second-order valence-electron chi connectivity index (χ2n) is 7.11. The van der Waals surface area contributed by atoms with Crippen LogP contribution < -0.4 is 5.32 Å². The van der Waals surface area contributed by atoms with Crippen molar-refractivity contribution in [3.8, 4) is 0 Å². The maximum atomic E-state index is 12.8. The fourth-order valence-corrected chi connectivity index (χ4v) is 3.56. The smallest absolute Gasteiger partial charge is 0.272 e. The molecule has 1 saturated carbocycles. The molecule has 1 aliphatic carbocycles. The van der Waals surface area contributed by atoms with Gasteiger partial charge in [0.25, 0.3) is 5.91 Å². The third kappa shape index (κ3) is 2.56. The first-order valence-corrected chi connectivity index (χ1v) is 9.02. The van der Waals surface area contributed by atoms with Crippen LogP contribution in [0.2, 0.25) is 0 Å². The number of hydrogen-bond acceptors (Lipinski definition) is 2. The van der Waals surface area contributed by atoms with E-state index in [-0.39, 0.29) is 5.91 Å². The molecule has 5 heteroatoms. The zero-order valence-electron chi connectivity index (χ0n) is 14.6. The van der Waals surface area contributed by atoms with Crippen molar-refractivity contribution >= 4 is 22.3 Å². The van der Waals surface area contributed by atoms with E-state index in [1.807, 2.05) is 37.4 Å². The summed E-state index contributed by atoms with van der Waals surface area (Å²) in [5.41, 5.74) is 4.73. The quantitative estimate of drug-likeness (QED) is 0.589. The van der Waals surface area contributed by atoms with Crippen LogP contribution in [0.3, 0.4) is 0 Å². The minimum Gasteiger partial charge on any atom is -0.359 e. The SMILES string of the molecule is Cc1cc2cc(CNC(=O)c3nc(C4CC4)n4ccccc34)ccc2[nH]1. The minimum atomic E-state index is -0.119.